The van der Waals surface area contributed by atoms with Gasteiger partial charge in [0.1, 0.15) is 0 Å². The van der Waals surface area contributed by atoms with E-state index in [1.54, 1.807) is 12.1 Å². The third-order valence-electron chi connectivity index (χ3n) is 3.60. The first-order valence-electron chi connectivity index (χ1n) is 7.36. The van der Waals surface area contributed by atoms with Crippen molar-refractivity contribution >= 4 is 21.8 Å². The van der Waals surface area contributed by atoms with E-state index < -0.39 is 10.0 Å². The van der Waals surface area contributed by atoms with Gasteiger partial charge in [-0.25, -0.2) is 8.42 Å². The van der Waals surface area contributed by atoms with Crippen LogP contribution in [0.25, 0.3) is 6.08 Å². The Balaban J connectivity index is 2.21. The molecule has 0 spiro atoms. The van der Waals surface area contributed by atoms with Gasteiger partial charge in [-0.3, -0.25) is 4.72 Å². The van der Waals surface area contributed by atoms with Gasteiger partial charge in [0, 0.05) is 0 Å². The molecule has 2 rings (SSSR count). The number of hydrogen-bond donors (Lipinski definition) is 1. The molecule has 0 saturated carbocycles. The number of hydrogen-bond acceptors (Lipinski definition) is 2. The Morgan fingerprint density at radius 1 is 1.05 bits per heavy atom. The number of sulfonamides is 1. The van der Waals surface area contributed by atoms with Gasteiger partial charge in [-0.15, -0.1) is 0 Å². The van der Waals surface area contributed by atoms with E-state index >= 15 is 0 Å². The van der Waals surface area contributed by atoms with Crippen LogP contribution in [-0.4, -0.2) is 8.42 Å². The molecule has 0 amide bonds. The van der Waals surface area contributed by atoms with Gasteiger partial charge in [0.15, 0.2) is 0 Å². The van der Waals surface area contributed by atoms with Gasteiger partial charge in [-0.2, -0.15) is 0 Å². The molecule has 0 unspecified atom stereocenters. The normalized spacial score (nSPS) is 13.2. The minimum absolute atomic E-state index is 0.303. The molecule has 4 heteroatoms. The van der Waals surface area contributed by atoms with E-state index in [1.807, 2.05) is 48.5 Å². The largest absolute Gasteiger partial charge is 0.280 e. The van der Waals surface area contributed by atoms with Gasteiger partial charge in [0.25, 0.3) is 10.0 Å². The van der Waals surface area contributed by atoms with Crippen molar-refractivity contribution in [1.82, 2.24) is 0 Å². The fourth-order valence-electron chi connectivity index (χ4n) is 2.16. The Morgan fingerprint density at radius 2 is 1.68 bits per heavy atom. The van der Waals surface area contributed by atoms with Crippen LogP contribution in [0.1, 0.15) is 37.3 Å². The molecule has 1 N–H and O–H groups in total. The van der Waals surface area contributed by atoms with Gasteiger partial charge < -0.3 is 0 Å². The standard InChI is InChI=1S/C18H21NO2S/c1-3-15(2)17-11-7-8-12-18(17)19-22(20,21)14-13-16-9-5-4-6-10-16/h4-15,19H,3H2,1-2H3/b14-13+/t15-/m1/s1. The van der Waals surface area contributed by atoms with Crippen molar-refractivity contribution < 1.29 is 8.42 Å². The number of rotatable bonds is 6. The number of benzene rings is 2. The smallest absolute Gasteiger partial charge is 0.255 e. The summed E-state index contributed by atoms with van der Waals surface area (Å²) >= 11 is 0. The van der Waals surface area contributed by atoms with Crippen LogP contribution in [0.15, 0.2) is 60.0 Å². The number of para-hydroxylation sites is 1. The van der Waals surface area contributed by atoms with Gasteiger partial charge in [0.2, 0.25) is 0 Å². The maximum atomic E-state index is 12.2. The average molecular weight is 315 g/mol. The molecule has 2 aromatic carbocycles. The van der Waals surface area contributed by atoms with Crippen LogP contribution in [0.5, 0.6) is 0 Å². The van der Waals surface area contributed by atoms with Gasteiger partial charge in [-0.05, 0) is 35.6 Å². The second kappa shape index (κ2) is 7.27. The minimum atomic E-state index is -3.53. The molecule has 0 radical (unpaired) electrons. The number of anilines is 1. The highest BCUT2D eigenvalue weighted by molar-refractivity contribution is 7.95. The van der Waals surface area contributed by atoms with Gasteiger partial charge in [0.05, 0.1) is 11.1 Å². The van der Waals surface area contributed by atoms with Crippen LogP contribution in [0.3, 0.4) is 0 Å². The molecule has 0 saturated heterocycles. The summed E-state index contributed by atoms with van der Waals surface area (Å²) < 4.78 is 27.1. The molecule has 3 nitrogen and oxygen atoms in total. The van der Waals surface area contributed by atoms with Crippen molar-refractivity contribution in [2.24, 2.45) is 0 Å². The van der Waals surface area contributed by atoms with Crippen LogP contribution in [-0.2, 0) is 10.0 Å². The second-order valence-electron chi connectivity index (χ2n) is 5.26. The molecule has 0 fully saturated rings. The molecular formula is C18H21NO2S. The molecule has 22 heavy (non-hydrogen) atoms. The summed E-state index contributed by atoms with van der Waals surface area (Å²) in [5, 5.41) is 1.20. The summed E-state index contributed by atoms with van der Waals surface area (Å²) in [5.74, 6) is 0.303. The Morgan fingerprint density at radius 3 is 2.36 bits per heavy atom. The Bertz CT molecular complexity index is 737. The van der Waals surface area contributed by atoms with E-state index in [4.69, 9.17) is 0 Å². The molecule has 0 aliphatic heterocycles. The molecular weight excluding hydrogens is 294 g/mol. The lowest BCUT2D eigenvalue weighted by Crippen LogP contribution is -2.11. The summed E-state index contributed by atoms with van der Waals surface area (Å²) in [6.07, 6.45) is 2.55. The fraction of sp³-hybridized carbons (Fsp3) is 0.222. The van der Waals surface area contributed by atoms with E-state index in [2.05, 4.69) is 18.6 Å². The SMILES string of the molecule is CC[C@@H](C)c1ccccc1NS(=O)(=O)/C=C/c1ccccc1. The summed E-state index contributed by atoms with van der Waals surface area (Å²) in [6, 6.07) is 16.9. The Labute approximate surface area is 132 Å². The fourth-order valence-corrected chi connectivity index (χ4v) is 3.06. The molecule has 0 heterocycles. The van der Waals surface area contributed by atoms with Crippen LogP contribution >= 0.6 is 0 Å². The van der Waals surface area contributed by atoms with E-state index in [1.165, 1.54) is 5.41 Å². The van der Waals surface area contributed by atoms with E-state index in [0.717, 1.165) is 17.5 Å². The van der Waals surface area contributed by atoms with Crippen molar-refractivity contribution in [2.45, 2.75) is 26.2 Å². The first kappa shape index (κ1) is 16.3. The number of nitrogens with one attached hydrogen (secondary N) is 1. The molecule has 0 aromatic heterocycles. The summed E-state index contributed by atoms with van der Waals surface area (Å²) in [7, 11) is -3.53. The Hall–Kier alpha value is -2.07. The van der Waals surface area contributed by atoms with Crippen LogP contribution in [0.4, 0.5) is 5.69 Å². The third-order valence-corrected chi connectivity index (χ3v) is 4.59. The predicted octanol–water partition coefficient (Wildman–Crippen LogP) is 4.61. The quantitative estimate of drug-likeness (QED) is 0.846. The van der Waals surface area contributed by atoms with Crippen molar-refractivity contribution in [3.8, 4) is 0 Å². The lowest BCUT2D eigenvalue weighted by molar-refractivity contribution is 0.609. The van der Waals surface area contributed by atoms with Gasteiger partial charge >= 0.3 is 0 Å². The second-order valence-corrected chi connectivity index (χ2v) is 6.82. The van der Waals surface area contributed by atoms with Crippen molar-refractivity contribution in [1.29, 1.82) is 0 Å². The highest BCUT2D eigenvalue weighted by Gasteiger charge is 2.12. The van der Waals surface area contributed by atoms with Gasteiger partial charge in [-0.1, -0.05) is 62.4 Å². The molecule has 0 aliphatic carbocycles. The molecule has 1 atom stereocenters. The Kier molecular flexibility index (Phi) is 5.39. The summed E-state index contributed by atoms with van der Waals surface area (Å²) in [5.41, 5.74) is 2.51. The van der Waals surface area contributed by atoms with Crippen molar-refractivity contribution in [3.05, 3.63) is 71.1 Å². The first-order chi connectivity index (χ1) is 10.5. The molecule has 116 valence electrons. The van der Waals surface area contributed by atoms with E-state index in [0.29, 0.717) is 11.6 Å². The maximum absolute atomic E-state index is 12.2. The summed E-state index contributed by atoms with van der Waals surface area (Å²) in [6.45, 7) is 4.18. The van der Waals surface area contributed by atoms with Crippen molar-refractivity contribution in [2.75, 3.05) is 4.72 Å². The predicted molar refractivity (Wildman–Crippen MR) is 93.2 cm³/mol. The lowest BCUT2D eigenvalue weighted by atomic mass is 9.97. The summed E-state index contributed by atoms with van der Waals surface area (Å²) in [4.78, 5) is 0. The molecule has 2 aromatic rings. The van der Waals surface area contributed by atoms with Crippen molar-refractivity contribution in [3.63, 3.8) is 0 Å². The maximum Gasteiger partial charge on any atom is 0.255 e. The third kappa shape index (κ3) is 4.46. The molecule has 0 aliphatic rings. The highest BCUT2D eigenvalue weighted by Crippen LogP contribution is 2.27. The molecule has 0 bridgehead atoms. The zero-order chi connectivity index (χ0) is 16.0. The topological polar surface area (TPSA) is 46.2 Å². The lowest BCUT2D eigenvalue weighted by Gasteiger charge is -2.15. The zero-order valence-electron chi connectivity index (χ0n) is 12.9. The minimum Gasteiger partial charge on any atom is -0.280 e. The monoisotopic (exact) mass is 315 g/mol. The van der Waals surface area contributed by atoms with E-state index in [9.17, 15) is 8.42 Å². The van der Waals surface area contributed by atoms with Crippen LogP contribution in [0, 0.1) is 0 Å². The zero-order valence-corrected chi connectivity index (χ0v) is 13.7. The highest BCUT2D eigenvalue weighted by atomic mass is 32.2. The first-order valence-corrected chi connectivity index (χ1v) is 8.91. The van der Waals surface area contributed by atoms with Crippen LogP contribution in [0.2, 0.25) is 0 Å². The average Bonchev–Trinajstić information content (AvgIpc) is 2.53. The van der Waals surface area contributed by atoms with Crippen LogP contribution < -0.4 is 4.72 Å². The van der Waals surface area contributed by atoms with E-state index in [-0.39, 0.29) is 0 Å².